The van der Waals surface area contributed by atoms with Gasteiger partial charge in [-0.1, -0.05) is 18.5 Å². The molecule has 1 amide bonds. The lowest BCUT2D eigenvalue weighted by Gasteiger charge is -2.35. The van der Waals surface area contributed by atoms with E-state index >= 15 is 0 Å². The second-order valence-electron chi connectivity index (χ2n) is 5.14. The molecule has 1 saturated heterocycles. The standard InChI is InChI=1S/C14H19ClN2O/c1-9-7-11(3-4-12(9)15)14(18)17-6-5-13(16)10(2)8-17/h3-4,7,10,13H,5-6,8,16H2,1-2H3. The first kappa shape index (κ1) is 13.4. The van der Waals surface area contributed by atoms with Gasteiger partial charge in [0.2, 0.25) is 0 Å². The summed E-state index contributed by atoms with van der Waals surface area (Å²) in [4.78, 5) is 14.2. The van der Waals surface area contributed by atoms with Crippen LogP contribution in [0.15, 0.2) is 18.2 Å². The number of nitrogens with zero attached hydrogens (tertiary/aromatic N) is 1. The number of rotatable bonds is 1. The number of hydrogen-bond acceptors (Lipinski definition) is 2. The third-order valence-corrected chi connectivity index (χ3v) is 4.09. The Hall–Kier alpha value is -1.06. The molecule has 1 heterocycles. The van der Waals surface area contributed by atoms with Crippen molar-refractivity contribution in [1.82, 2.24) is 4.90 Å². The molecule has 18 heavy (non-hydrogen) atoms. The van der Waals surface area contributed by atoms with Crippen LogP contribution in [0.25, 0.3) is 0 Å². The molecular formula is C14H19ClN2O. The Morgan fingerprint density at radius 1 is 1.50 bits per heavy atom. The molecule has 1 aliphatic heterocycles. The minimum Gasteiger partial charge on any atom is -0.338 e. The van der Waals surface area contributed by atoms with Crippen LogP contribution in [0.5, 0.6) is 0 Å². The Kier molecular flexibility index (Phi) is 3.93. The second kappa shape index (κ2) is 5.29. The third kappa shape index (κ3) is 2.68. The summed E-state index contributed by atoms with van der Waals surface area (Å²) in [6, 6.07) is 5.63. The highest BCUT2D eigenvalue weighted by Crippen LogP contribution is 2.20. The van der Waals surface area contributed by atoms with Crippen molar-refractivity contribution in [3.63, 3.8) is 0 Å². The molecule has 3 nitrogen and oxygen atoms in total. The van der Waals surface area contributed by atoms with Gasteiger partial charge in [-0.15, -0.1) is 0 Å². The molecule has 1 aromatic rings. The van der Waals surface area contributed by atoms with E-state index in [0.717, 1.165) is 25.1 Å². The van der Waals surface area contributed by atoms with Gasteiger partial charge >= 0.3 is 0 Å². The highest BCUT2D eigenvalue weighted by atomic mass is 35.5. The van der Waals surface area contributed by atoms with Crippen LogP contribution >= 0.6 is 11.6 Å². The van der Waals surface area contributed by atoms with E-state index in [2.05, 4.69) is 6.92 Å². The van der Waals surface area contributed by atoms with Crippen molar-refractivity contribution in [1.29, 1.82) is 0 Å². The summed E-state index contributed by atoms with van der Waals surface area (Å²) in [5.41, 5.74) is 7.61. The van der Waals surface area contributed by atoms with E-state index in [0.29, 0.717) is 16.5 Å². The maximum absolute atomic E-state index is 12.4. The normalized spacial score (nSPS) is 24.1. The number of carbonyl (C=O) groups excluding carboxylic acids is 1. The van der Waals surface area contributed by atoms with Gasteiger partial charge in [-0.3, -0.25) is 4.79 Å². The quantitative estimate of drug-likeness (QED) is 0.849. The molecule has 4 heteroatoms. The van der Waals surface area contributed by atoms with Crippen LogP contribution in [0.3, 0.4) is 0 Å². The summed E-state index contributed by atoms with van der Waals surface area (Å²) in [5.74, 6) is 0.435. The molecule has 0 aromatic heterocycles. The minimum atomic E-state index is 0.0773. The number of hydrogen-bond donors (Lipinski definition) is 1. The van der Waals surface area contributed by atoms with Crippen molar-refractivity contribution < 1.29 is 4.79 Å². The van der Waals surface area contributed by atoms with Gasteiger partial charge in [-0.2, -0.15) is 0 Å². The summed E-state index contributed by atoms with van der Waals surface area (Å²) in [6.45, 7) is 5.48. The Morgan fingerprint density at radius 2 is 2.22 bits per heavy atom. The molecule has 2 atom stereocenters. The molecule has 1 aromatic carbocycles. The molecule has 0 saturated carbocycles. The molecule has 98 valence electrons. The summed E-state index contributed by atoms with van der Waals surface area (Å²) >= 11 is 5.97. The van der Waals surface area contributed by atoms with Gasteiger partial charge in [0.1, 0.15) is 0 Å². The second-order valence-corrected chi connectivity index (χ2v) is 5.55. The zero-order valence-electron chi connectivity index (χ0n) is 10.8. The average molecular weight is 267 g/mol. The molecule has 1 fully saturated rings. The van der Waals surface area contributed by atoms with E-state index in [1.807, 2.05) is 17.9 Å². The Labute approximate surface area is 113 Å². The lowest BCUT2D eigenvalue weighted by molar-refractivity contribution is 0.0664. The summed E-state index contributed by atoms with van der Waals surface area (Å²) in [6.07, 6.45) is 0.874. The highest BCUT2D eigenvalue weighted by molar-refractivity contribution is 6.31. The first-order chi connectivity index (χ1) is 8.49. The van der Waals surface area contributed by atoms with Gasteiger partial charge in [0, 0.05) is 29.7 Å². The fourth-order valence-corrected chi connectivity index (χ4v) is 2.43. The fraction of sp³-hybridized carbons (Fsp3) is 0.500. The molecule has 2 unspecified atom stereocenters. The molecule has 2 N–H and O–H groups in total. The van der Waals surface area contributed by atoms with E-state index in [4.69, 9.17) is 17.3 Å². The van der Waals surface area contributed by atoms with E-state index in [9.17, 15) is 4.79 Å². The van der Waals surface area contributed by atoms with Crippen LogP contribution in [-0.2, 0) is 0 Å². The van der Waals surface area contributed by atoms with Crippen LogP contribution in [0.2, 0.25) is 5.02 Å². The number of nitrogens with two attached hydrogens (primary N) is 1. The van der Waals surface area contributed by atoms with Gasteiger partial charge in [0.15, 0.2) is 0 Å². The SMILES string of the molecule is Cc1cc(C(=O)N2CCC(N)C(C)C2)ccc1Cl. The van der Waals surface area contributed by atoms with Gasteiger partial charge in [0.25, 0.3) is 5.91 Å². The Bertz CT molecular complexity index is 461. The average Bonchev–Trinajstić information content (AvgIpc) is 2.35. The van der Waals surface area contributed by atoms with E-state index in [-0.39, 0.29) is 11.9 Å². The maximum atomic E-state index is 12.4. The fourth-order valence-electron chi connectivity index (χ4n) is 2.31. The smallest absolute Gasteiger partial charge is 0.253 e. The molecule has 0 bridgehead atoms. The zero-order chi connectivity index (χ0) is 13.3. The number of likely N-dealkylation sites (tertiary alicyclic amines) is 1. The third-order valence-electron chi connectivity index (χ3n) is 3.66. The number of benzene rings is 1. The van der Waals surface area contributed by atoms with Gasteiger partial charge in [0.05, 0.1) is 0 Å². The molecule has 2 rings (SSSR count). The molecule has 0 radical (unpaired) electrons. The van der Waals surface area contributed by atoms with Crippen LogP contribution in [0.4, 0.5) is 0 Å². The van der Waals surface area contributed by atoms with Crippen LogP contribution in [-0.4, -0.2) is 29.9 Å². The van der Waals surface area contributed by atoms with Gasteiger partial charge < -0.3 is 10.6 Å². The maximum Gasteiger partial charge on any atom is 0.253 e. The summed E-state index contributed by atoms with van der Waals surface area (Å²) in [7, 11) is 0. The zero-order valence-corrected chi connectivity index (χ0v) is 11.6. The van der Waals surface area contributed by atoms with Crippen molar-refractivity contribution in [3.8, 4) is 0 Å². The van der Waals surface area contributed by atoms with E-state index in [1.165, 1.54) is 0 Å². The van der Waals surface area contributed by atoms with Crippen molar-refractivity contribution >= 4 is 17.5 Å². The van der Waals surface area contributed by atoms with Gasteiger partial charge in [-0.05, 0) is 43.0 Å². The molecular weight excluding hydrogens is 248 g/mol. The largest absolute Gasteiger partial charge is 0.338 e. The summed E-state index contributed by atoms with van der Waals surface area (Å²) < 4.78 is 0. The topological polar surface area (TPSA) is 46.3 Å². The highest BCUT2D eigenvalue weighted by Gasteiger charge is 2.26. The minimum absolute atomic E-state index is 0.0773. The van der Waals surface area contributed by atoms with Crippen molar-refractivity contribution in [2.75, 3.05) is 13.1 Å². The van der Waals surface area contributed by atoms with E-state index in [1.54, 1.807) is 12.1 Å². The monoisotopic (exact) mass is 266 g/mol. The Balaban J connectivity index is 2.14. The lowest BCUT2D eigenvalue weighted by atomic mass is 9.94. The predicted octanol–water partition coefficient (Wildman–Crippen LogP) is 2.46. The van der Waals surface area contributed by atoms with E-state index < -0.39 is 0 Å². The van der Waals surface area contributed by atoms with Gasteiger partial charge in [-0.25, -0.2) is 0 Å². The molecule has 1 aliphatic rings. The predicted molar refractivity (Wildman–Crippen MR) is 73.8 cm³/mol. The van der Waals surface area contributed by atoms with Crippen molar-refractivity contribution in [2.24, 2.45) is 11.7 Å². The van der Waals surface area contributed by atoms with Crippen LogP contribution < -0.4 is 5.73 Å². The first-order valence-corrected chi connectivity index (χ1v) is 6.68. The number of halogens is 1. The summed E-state index contributed by atoms with van der Waals surface area (Å²) in [5, 5.41) is 0.695. The number of carbonyl (C=O) groups is 1. The molecule has 0 aliphatic carbocycles. The van der Waals surface area contributed by atoms with Crippen LogP contribution in [0.1, 0.15) is 29.3 Å². The molecule has 0 spiro atoms. The van der Waals surface area contributed by atoms with Crippen molar-refractivity contribution in [2.45, 2.75) is 26.3 Å². The first-order valence-electron chi connectivity index (χ1n) is 6.30. The van der Waals surface area contributed by atoms with Crippen molar-refractivity contribution in [3.05, 3.63) is 34.3 Å². The lowest BCUT2D eigenvalue weighted by Crippen LogP contribution is -2.48. The van der Waals surface area contributed by atoms with Crippen LogP contribution in [0, 0.1) is 12.8 Å². The number of aryl methyl sites for hydroxylation is 1. The number of amides is 1. The number of piperidine rings is 1. The Morgan fingerprint density at radius 3 is 2.83 bits per heavy atom.